The fourth-order valence-corrected chi connectivity index (χ4v) is 3.78. The van der Waals surface area contributed by atoms with E-state index in [0.717, 1.165) is 11.3 Å². The van der Waals surface area contributed by atoms with E-state index in [1.807, 2.05) is 11.5 Å². The van der Waals surface area contributed by atoms with Crippen LogP contribution in [0.1, 0.15) is 33.9 Å². The molecule has 3 aromatic rings. The molecule has 4 rings (SSSR count). The van der Waals surface area contributed by atoms with Crippen molar-refractivity contribution in [2.45, 2.75) is 19.4 Å². The Morgan fingerprint density at radius 1 is 1.00 bits per heavy atom. The quantitative estimate of drug-likeness (QED) is 0.190. The molecule has 1 unspecified atom stereocenters. The molecule has 5 N–H and O–H groups in total. The Morgan fingerprint density at radius 3 is 2.31 bits per heavy atom. The van der Waals surface area contributed by atoms with Gasteiger partial charge in [-0.25, -0.2) is 10.6 Å². The van der Waals surface area contributed by atoms with Crippen molar-refractivity contribution in [3.05, 3.63) is 92.4 Å². The van der Waals surface area contributed by atoms with E-state index in [0.29, 0.717) is 32.7 Å². The van der Waals surface area contributed by atoms with Crippen LogP contribution in [0.2, 0.25) is 15.1 Å². The van der Waals surface area contributed by atoms with E-state index in [4.69, 9.17) is 40.6 Å². The summed E-state index contributed by atoms with van der Waals surface area (Å²) in [5, 5.41) is 7.29. The first-order chi connectivity index (χ1) is 15.3. The molecule has 0 saturated heterocycles. The molecule has 2 amide bonds. The molecule has 0 spiro atoms. The number of fused-ring (bicyclic) bond motifs is 1. The van der Waals surface area contributed by atoms with Crippen molar-refractivity contribution in [2.75, 3.05) is 10.6 Å². The lowest BCUT2D eigenvalue weighted by atomic mass is 9.92. The van der Waals surface area contributed by atoms with Gasteiger partial charge < -0.3 is 10.6 Å². The monoisotopic (exact) mass is 490 g/mol. The molecule has 0 fully saturated rings. The lowest BCUT2D eigenvalue weighted by Crippen LogP contribution is -2.34. The smallest absolute Gasteiger partial charge is 0.333 e. The molecule has 9 heteroatoms. The number of rotatable bonds is 2. The van der Waals surface area contributed by atoms with Crippen LogP contribution in [0.5, 0.6) is 0 Å². The van der Waals surface area contributed by atoms with E-state index in [9.17, 15) is 9.59 Å². The highest BCUT2D eigenvalue weighted by atomic mass is 35.5. The van der Waals surface area contributed by atoms with Crippen molar-refractivity contribution in [2.24, 2.45) is 5.84 Å². The summed E-state index contributed by atoms with van der Waals surface area (Å²) in [4.78, 5) is 23.0. The average Bonchev–Trinajstić information content (AvgIpc) is 2.77. The number of carbonyl (C=O) groups is 2. The highest BCUT2D eigenvalue weighted by Gasteiger charge is 2.25. The van der Waals surface area contributed by atoms with Gasteiger partial charge in [0.05, 0.1) is 16.8 Å². The highest BCUT2D eigenvalue weighted by molar-refractivity contribution is 6.36. The Hall–Kier alpha value is -2.77. The minimum atomic E-state index is -0.538. The highest BCUT2D eigenvalue weighted by Crippen LogP contribution is 2.34. The standard InChI is InChI=1S/C16H14ClNO.C7H7Cl2N3O/c1-10-2-4-11(5-3-10)15-9-16(19)13-8-12(17)6-7-14(13)18-15;8-4-1-2-6(5(9)3-4)11-7(13)12-10/h2-8,15,18H,9H2,1H3;1-3H,10H2,(H2,11,12,13). The van der Waals surface area contributed by atoms with Crippen LogP contribution in [-0.2, 0) is 0 Å². The van der Waals surface area contributed by atoms with E-state index in [1.165, 1.54) is 11.6 Å². The number of carbonyl (C=O) groups excluding carboxylic acids is 2. The predicted molar refractivity (Wildman–Crippen MR) is 131 cm³/mol. The van der Waals surface area contributed by atoms with Crippen LogP contribution in [0.25, 0.3) is 0 Å². The fraction of sp³-hybridized carbons (Fsp3) is 0.130. The Labute approximate surface area is 201 Å². The number of benzene rings is 3. The lowest BCUT2D eigenvalue weighted by Gasteiger charge is -2.26. The van der Waals surface area contributed by atoms with Gasteiger partial charge in [0.1, 0.15) is 0 Å². The van der Waals surface area contributed by atoms with Crippen LogP contribution >= 0.6 is 34.8 Å². The van der Waals surface area contributed by atoms with Gasteiger partial charge in [-0.15, -0.1) is 0 Å². The molecular formula is C23H21Cl3N4O2. The zero-order chi connectivity index (χ0) is 23.3. The van der Waals surface area contributed by atoms with Gasteiger partial charge in [-0.2, -0.15) is 0 Å². The van der Waals surface area contributed by atoms with Gasteiger partial charge in [-0.1, -0.05) is 64.6 Å². The largest absolute Gasteiger partial charge is 0.377 e. The van der Waals surface area contributed by atoms with Gasteiger partial charge in [0, 0.05) is 27.7 Å². The van der Waals surface area contributed by atoms with Crippen LogP contribution in [0.3, 0.4) is 0 Å². The molecule has 6 nitrogen and oxygen atoms in total. The van der Waals surface area contributed by atoms with E-state index in [2.05, 4.69) is 41.8 Å². The molecule has 1 heterocycles. The molecule has 1 atom stereocenters. The first-order valence-corrected chi connectivity index (χ1v) is 10.8. The molecule has 1 aliphatic heterocycles. The van der Waals surface area contributed by atoms with E-state index in [-0.39, 0.29) is 11.8 Å². The SMILES string of the molecule is Cc1ccc(C2CC(=O)c3cc(Cl)ccc3N2)cc1.NNC(=O)Nc1ccc(Cl)cc1Cl. The Morgan fingerprint density at radius 2 is 1.66 bits per heavy atom. The number of urea groups is 1. The summed E-state index contributed by atoms with van der Waals surface area (Å²) in [7, 11) is 0. The van der Waals surface area contributed by atoms with Gasteiger partial charge in [-0.3, -0.25) is 10.2 Å². The molecule has 166 valence electrons. The molecule has 3 aromatic carbocycles. The maximum absolute atomic E-state index is 12.2. The Kier molecular flexibility index (Phi) is 7.99. The van der Waals surface area contributed by atoms with Crippen molar-refractivity contribution >= 4 is 58.0 Å². The van der Waals surface area contributed by atoms with Crippen molar-refractivity contribution in [3.8, 4) is 0 Å². The van der Waals surface area contributed by atoms with Crippen LogP contribution in [-0.4, -0.2) is 11.8 Å². The number of nitrogens with one attached hydrogen (secondary N) is 3. The van der Waals surface area contributed by atoms with Gasteiger partial charge in [0.25, 0.3) is 0 Å². The fourth-order valence-electron chi connectivity index (χ4n) is 3.16. The van der Waals surface area contributed by atoms with Crippen molar-refractivity contribution < 1.29 is 9.59 Å². The molecular weight excluding hydrogens is 471 g/mol. The molecule has 0 radical (unpaired) electrons. The van der Waals surface area contributed by atoms with Gasteiger partial charge >= 0.3 is 6.03 Å². The zero-order valence-corrected chi connectivity index (χ0v) is 19.4. The maximum Gasteiger partial charge on any atom is 0.333 e. The van der Waals surface area contributed by atoms with Crippen LogP contribution in [0, 0.1) is 6.92 Å². The lowest BCUT2D eigenvalue weighted by molar-refractivity contribution is 0.0972. The number of amides is 2. The van der Waals surface area contributed by atoms with Crippen molar-refractivity contribution in [1.29, 1.82) is 0 Å². The van der Waals surface area contributed by atoms with E-state index < -0.39 is 6.03 Å². The van der Waals surface area contributed by atoms with Crippen LogP contribution in [0.15, 0.2) is 60.7 Å². The van der Waals surface area contributed by atoms with Gasteiger partial charge in [-0.05, 0) is 48.9 Å². The first kappa shape index (κ1) is 23.9. The van der Waals surface area contributed by atoms with Gasteiger partial charge in [0.15, 0.2) is 5.78 Å². The third kappa shape index (κ3) is 6.14. The molecule has 1 aliphatic rings. The third-order valence-corrected chi connectivity index (χ3v) is 5.57. The number of nitrogens with two attached hydrogens (primary N) is 1. The zero-order valence-electron chi connectivity index (χ0n) is 17.1. The second-order valence-electron chi connectivity index (χ2n) is 7.15. The normalized spacial score (nSPS) is 14.4. The number of aryl methyl sites for hydroxylation is 1. The van der Waals surface area contributed by atoms with Crippen molar-refractivity contribution in [3.63, 3.8) is 0 Å². The first-order valence-electron chi connectivity index (χ1n) is 9.65. The van der Waals surface area contributed by atoms with E-state index in [1.54, 1.807) is 24.3 Å². The summed E-state index contributed by atoms with van der Waals surface area (Å²) in [6, 6.07) is 17.9. The third-order valence-electron chi connectivity index (χ3n) is 4.79. The molecule has 0 bridgehead atoms. The molecule has 0 aliphatic carbocycles. The summed E-state index contributed by atoms with van der Waals surface area (Å²) >= 11 is 17.3. The topological polar surface area (TPSA) is 96.2 Å². The Bertz CT molecular complexity index is 1140. The summed E-state index contributed by atoms with van der Waals surface area (Å²) in [6.07, 6.45) is 0.469. The number of hydrazine groups is 1. The summed E-state index contributed by atoms with van der Waals surface area (Å²) in [5.41, 5.74) is 6.28. The van der Waals surface area contributed by atoms with Crippen molar-refractivity contribution in [1.82, 2.24) is 5.43 Å². The maximum atomic E-state index is 12.2. The number of halogens is 3. The van der Waals surface area contributed by atoms with Crippen LogP contribution in [0.4, 0.5) is 16.2 Å². The summed E-state index contributed by atoms with van der Waals surface area (Å²) in [5.74, 6) is 5.01. The number of hydrogen-bond donors (Lipinski definition) is 4. The Balaban J connectivity index is 0.000000195. The minimum absolute atomic E-state index is 0.0433. The predicted octanol–water partition coefficient (Wildman–Crippen LogP) is 6.38. The number of anilines is 2. The molecule has 0 saturated carbocycles. The average molecular weight is 492 g/mol. The summed E-state index contributed by atoms with van der Waals surface area (Å²) in [6.45, 7) is 2.06. The van der Waals surface area contributed by atoms with Crippen LogP contribution < -0.4 is 21.9 Å². The second kappa shape index (κ2) is 10.7. The summed E-state index contributed by atoms with van der Waals surface area (Å²) < 4.78 is 0. The number of ketones is 1. The molecule has 32 heavy (non-hydrogen) atoms. The van der Waals surface area contributed by atoms with Gasteiger partial charge in [0.2, 0.25) is 0 Å². The number of Topliss-reactive ketones (excluding diaryl/α,β-unsaturated/α-hetero) is 1. The number of hydrogen-bond acceptors (Lipinski definition) is 4. The minimum Gasteiger partial charge on any atom is -0.377 e. The second-order valence-corrected chi connectivity index (χ2v) is 8.43. The molecule has 0 aromatic heterocycles. The van der Waals surface area contributed by atoms with E-state index >= 15 is 0 Å².